The van der Waals surface area contributed by atoms with Crippen LogP contribution in [0, 0.1) is 11.3 Å². The van der Waals surface area contributed by atoms with Crippen molar-refractivity contribution in [2.75, 3.05) is 6.54 Å². The number of hydrogen-bond donors (Lipinski definition) is 1. The van der Waals surface area contributed by atoms with Crippen LogP contribution in [0.1, 0.15) is 52.6 Å². The molecule has 21 heavy (non-hydrogen) atoms. The van der Waals surface area contributed by atoms with Crippen molar-refractivity contribution in [3.05, 3.63) is 42.2 Å². The highest BCUT2D eigenvalue weighted by molar-refractivity contribution is 5.85. The molecule has 0 fully saturated rings. The lowest BCUT2D eigenvalue weighted by Gasteiger charge is -2.31. The molecule has 0 spiro atoms. The Bertz CT molecular complexity index is 578. The molecule has 0 aliphatic heterocycles. The number of nitrogens with zero attached hydrogens (tertiary/aromatic N) is 1. The van der Waals surface area contributed by atoms with Crippen LogP contribution >= 0.6 is 0 Å². The largest absolute Gasteiger partial charge is 0.310 e. The van der Waals surface area contributed by atoms with Crippen molar-refractivity contribution in [3.8, 4) is 0 Å². The van der Waals surface area contributed by atoms with E-state index in [0.717, 1.165) is 13.0 Å². The number of hydrogen-bond acceptors (Lipinski definition) is 2. The summed E-state index contributed by atoms with van der Waals surface area (Å²) < 4.78 is 0. The van der Waals surface area contributed by atoms with E-state index >= 15 is 0 Å². The summed E-state index contributed by atoms with van der Waals surface area (Å²) >= 11 is 0. The maximum absolute atomic E-state index is 4.24. The summed E-state index contributed by atoms with van der Waals surface area (Å²) in [5, 5.41) is 6.22. The topological polar surface area (TPSA) is 24.9 Å². The fourth-order valence-corrected chi connectivity index (χ4v) is 2.73. The van der Waals surface area contributed by atoms with E-state index < -0.39 is 0 Å². The molecule has 1 N–H and O–H groups in total. The van der Waals surface area contributed by atoms with Crippen LogP contribution in [0.5, 0.6) is 0 Å². The summed E-state index contributed by atoms with van der Waals surface area (Å²) in [6, 6.07) is 9.07. The quantitative estimate of drug-likeness (QED) is 0.839. The minimum atomic E-state index is 0.333. The summed E-state index contributed by atoms with van der Waals surface area (Å²) in [4.78, 5) is 4.24. The van der Waals surface area contributed by atoms with Gasteiger partial charge in [-0.1, -0.05) is 52.8 Å². The Labute approximate surface area is 129 Å². The van der Waals surface area contributed by atoms with Gasteiger partial charge in [0.25, 0.3) is 0 Å². The average molecular weight is 284 g/mol. The van der Waals surface area contributed by atoms with Crippen molar-refractivity contribution in [2.24, 2.45) is 11.3 Å². The fraction of sp³-hybridized carbons (Fsp3) is 0.526. The molecule has 0 amide bonds. The average Bonchev–Trinajstić information content (AvgIpc) is 2.45. The van der Waals surface area contributed by atoms with Crippen LogP contribution < -0.4 is 5.32 Å². The smallest absolute Gasteiger partial charge is 0.0346 e. The first-order valence-corrected chi connectivity index (χ1v) is 7.99. The van der Waals surface area contributed by atoms with E-state index in [1.807, 2.05) is 12.4 Å². The molecular formula is C19H28N2. The van der Waals surface area contributed by atoms with Gasteiger partial charge in [-0.25, -0.2) is 0 Å². The van der Waals surface area contributed by atoms with Gasteiger partial charge < -0.3 is 5.32 Å². The Kier molecular flexibility index (Phi) is 5.00. The second-order valence-corrected chi connectivity index (χ2v) is 7.06. The van der Waals surface area contributed by atoms with Crippen LogP contribution in [0.15, 0.2) is 36.7 Å². The Morgan fingerprint density at radius 2 is 1.95 bits per heavy atom. The zero-order valence-electron chi connectivity index (χ0n) is 14.0. The second kappa shape index (κ2) is 6.57. The molecular weight excluding hydrogens is 256 g/mol. The first kappa shape index (κ1) is 16.0. The summed E-state index contributed by atoms with van der Waals surface area (Å²) in [6.45, 7) is 12.5. The predicted molar refractivity (Wildman–Crippen MR) is 91.4 cm³/mol. The molecule has 2 aromatic rings. The number of rotatable bonds is 5. The lowest BCUT2D eigenvalue weighted by atomic mass is 9.77. The highest BCUT2D eigenvalue weighted by atomic mass is 14.9. The predicted octanol–water partition coefficient (Wildman–Crippen LogP) is 4.96. The molecule has 1 heterocycles. The summed E-state index contributed by atoms with van der Waals surface area (Å²) in [6.07, 6.45) is 5.00. The highest BCUT2D eigenvalue weighted by Crippen LogP contribution is 2.35. The zero-order valence-corrected chi connectivity index (χ0v) is 14.0. The van der Waals surface area contributed by atoms with Gasteiger partial charge in [-0.2, -0.15) is 0 Å². The van der Waals surface area contributed by atoms with Gasteiger partial charge in [-0.15, -0.1) is 0 Å². The van der Waals surface area contributed by atoms with Gasteiger partial charge in [0.1, 0.15) is 0 Å². The van der Waals surface area contributed by atoms with Gasteiger partial charge in [0.15, 0.2) is 0 Å². The Morgan fingerprint density at radius 3 is 2.62 bits per heavy atom. The maximum atomic E-state index is 4.24. The fourth-order valence-electron chi connectivity index (χ4n) is 2.73. The van der Waals surface area contributed by atoms with E-state index in [9.17, 15) is 0 Å². The molecule has 0 aliphatic carbocycles. The molecule has 2 rings (SSSR count). The molecule has 1 aromatic heterocycles. The van der Waals surface area contributed by atoms with E-state index in [0.29, 0.717) is 17.4 Å². The van der Waals surface area contributed by atoms with Crippen LogP contribution in [-0.2, 0) is 0 Å². The molecule has 0 aliphatic rings. The van der Waals surface area contributed by atoms with Crippen LogP contribution in [0.25, 0.3) is 10.8 Å². The minimum Gasteiger partial charge on any atom is -0.310 e. The number of aromatic nitrogens is 1. The molecule has 0 radical (unpaired) electrons. The van der Waals surface area contributed by atoms with Crippen molar-refractivity contribution in [2.45, 2.75) is 47.1 Å². The zero-order chi connectivity index (χ0) is 15.5. The number of benzene rings is 1. The lowest BCUT2D eigenvalue weighted by molar-refractivity contribution is 0.224. The van der Waals surface area contributed by atoms with Crippen LogP contribution in [-0.4, -0.2) is 11.5 Å². The molecule has 0 saturated carbocycles. The third-order valence-corrected chi connectivity index (χ3v) is 4.61. The lowest BCUT2D eigenvalue weighted by Crippen LogP contribution is -2.27. The molecule has 2 atom stereocenters. The van der Waals surface area contributed by atoms with Crippen molar-refractivity contribution in [1.82, 2.24) is 10.3 Å². The number of pyridine rings is 1. The Balaban J connectivity index is 2.36. The third-order valence-electron chi connectivity index (χ3n) is 4.61. The Hall–Kier alpha value is -1.41. The molecule has 2 heteroatoms. The minimum absolute atomic E-state index is 0.333. The van der Waals surface area contributed by atoms with Crippen LogP contribution in [0.2, 0.25) is 0 Å². The first-order chi connectivity index (χ1) is 9.93. The van der Waals surface area contributed by atoms with E-state index in [4.69, 9.17) is 0 Å². The second-order valence-electron chi connectivity index (χ2n) is 7.06. The van der Waals surface area contributed by atoms with Gasteiger partial charge in [0.05, 0.1) is 0 Å². The van der Waals surface area contributed by atoms with E-state index in [-0.39, 0.29) is 0 Å². The monoisotopic (exact) mass is 284 g/mol. The van der Waals surface area contributed by atoms with Crippen molar-refractivity contribution < 1.29 is 0 Å². The number of nitrogens with one attached hydrogen (secondary N) is 1. The Morgan fingerprint density at radius 1 is 1.19 bits per heavy atom. The SMILES string of the molecule is CCNC(CC(C)C(C)(C)C)c1cccc2cnccc12. The summed E-state index contributed by atoms with van der Waals surface area (Å²) in [5.41, 5.74) is 1.73. The third kappa shape index (κ3) is 3.82. The molecule has 114 valence electrons. The normalized spacial score (nSPS) is 15.1. The highest BCUT2D eigenvalue weighted by Gasteiger charge is 2.24. The van der Waals surface area contributed by atoms with E-state index in [1.54, 1.807) is 0 Å². The molecule has 2 unspecified atom stereocenters. The number of fused-ring (bicyclic) bond motifs is 1. The van der Waals surface area contributed by atoms with E-state index in [1.165, 1.54) is 16.3 Å². The van der Waals surface area contributed by atoms with Crippen molar-refractivity contribution in [1.29, 1.82) is 0 Å². The maximum Gasteiger partial charge on any atom is 0.0346 e. The van der Waals surface area contributed by atoms with Gasteiger partial charge in [0, 0.05) is 23.8 Å². The summed E-state index contributed by atoms with van der Waals surface area (Å²) in [7, 11) is 0. The molecule has 1 aromatic carbocycles. The summed E-state index contributed by atoms with van der Waals surface area (Å²) in [5.74, 6) is 0.652. The van der Waals surface area contributed by atoms with Crippen molar-refractivity contribution >= 4 is 10.8 Å². The molecule has 0 bridgehead atoms. The van der Waals surface area contributed by atoms with Crippen LogP contribution in [0.3, 0.4) is 0 Å². The van der Waals surface area contributed by atoms with Gasteiger partial charge in [-0.3, -0.25) is 4.98 Å². The molecule has 0 saturated heterocycles. The van der Waals surface area contributed by atoms with Crippen LogP contribution in [0.4, 0.5) is 0 Å². The van der Waals surface area contributed by atoms with Gasteiger partial charge in [-0.05, 0) is 41.3 Å². The first-order valence-electron chi connectivity index (χ1n) is 7.99. The van der Waals surface area contributed by atoms with E-state index in [2.05, 4.69) is 69.2 Å². The standard InChI is InChI=1S/C19H28N2/c1-6-21-18(12-14(2)19(3,4)5)17-9-7-8-15-13-20-11-10-16(15)17/h7-11,13-14,18,21H,6,12H2,1-5H3. The van der Waals surface area contributed by atoms with Gasteiger partial charge in [0.2, 0.25) is 0 Å². The van der Waals surface area contributed by atoms with Crippen molar-refractivity contribution in [3.63, 3.8) is 0 Å². The van der Waals surface area contributed by atoms with Gasteiger partial charge >= 0.3 is 0 Å². The molecule has 2 nitrogen and oxygen atoms in total.